The molecule has 0 aliphatic carbocycles. The van der Waals surface area contributed by atoms with Crippen LogP contribution in [-0.2, 0) is 0 Å². The summed E-state index contributed by atoms with van der Waals surface area (Å²) >= 11 is 6.10. The zero-order valence-electron chi connectivity index (χ0n) is 10.7. The Morgan fingerprint density at radius 2 is 1.89 bits per heavy atom. The highest BCUT2D eigenvalue weighted by Crippen LogP contribution is 2.35. The van der Waals surface area contributed by atoms with E-state index in [4.69, 9.17) is 11.6 Å². The Bertz CT molecular complexity index is 595. The van der Waals surface area contributed by atoms with E-state index in [1.54, 1.807) is 0 Å². The maximum atomic E-state index is 6.10. The van der Waals surface area contributed by atoms with Crippen LogP contribution >= 0.6 is 11.6 Å². The topological polar surface area (TPSA) is 29.0 Å². The van der Waals surface area contributed by atoms with Gasteiger partial charge in [-0.25, -0.2) is 0 Å². The number of hydrogen-bond acceptors (Lipinski definition) is 3. The highest BCUT2D eigenvalue weighted by Gasteiger charge is 2.31. The number of hydrogen-bond donors (Lipinski definition) is 0. The maximum Gasteiger partial charge on any atom is 0.159 e. The van der Waals surface area contributed by atoms with Crippen LogP contribution in [0.2, 0.25) is 5.15 Å². The lowest BCUT2D eigenvalue weighted by Crippen LogP contribution is -2.24. The molecule has 18 heavy (non-hydrogen) atoms. The van der Waals surface area contributed by atoms with Crippen molar-refractivity contribution >= 4 is 28.2 Å². The lowest BCUT2D eigenvalue weighted by Gasteiger charge is -2.21. The predicted octanol–water partition coefficient (Wildman–Crippen LogP) is 3.52. The van der Waals surface area contributed by atoms with Gasteiger partial charge >= 0.3 is 0 Å². The highest BCUT2D eigenvalue weighted by atomic mass is 35.5. The van der Waals surface area contributed by atoms with Crippen LogP contribution in [0.5, 0.6) is 0 Å². The van der Waals surface area contributed by atoms with Crippen molar-refractivity contribution in [2.45, 2.75) is 20.3 Å². The minimum atomic E-state index is 0.350. The van der Waals surface area contributed by atoms with Crippen LogP contribution in [0, 0.1) is 5.41 Å². The number of nitrogens with zero attached hydrogens (tertiary/aromatic N) is 3. The SMILES string of the molecule is CC1(C)CCN(c2nnc(Cl)c3ccccc23)C1. The van der Waals surface area contributed by atoms with Crippen molar-refractivity contribution in [1.82, 2.24) is 10.2 Å². The van der Waals surface area contributed by atoms with Gasteiger partial charge in [-0.2, -0.15) is 0 Å². The van der Waals surface area contributed by atoms with E-state index in [0.29, 0.717) is 10.6 Å². The van der Waals surface area contributed by atoms with E-state index in [-0.39, 0.29) is 0 Å². The van der Waals surface area contributed by atoms with E-state index in [1.807, 2.05) is 18.2 Å². The monoisotopic (exact) mass is 261 g/mol. The molecule has 2 heterocycles. The Kier molecular flexibility index (Phi) is 2.67. The van der Waals surface area contributed by atoms with Crippen LogP contribution in [0.15, 0.2) is 24.3 Å². The summed E-state index contributed by atoms with van der Waals surface area (Å²) in [6, 6.07) is 8.06. The molecular formula is C14H16ClN3. The van der Waals surface area contributed by atoms with E-state index in [2.05, 4.69) is 35.0 Å². The van der Waals surface area contributed by atoms with E-state index in [0.717, 1.165) is 29.7 Å². The van der Waals surface area contributed by atoms with Gasteiger partial charge in [-0.05, 0) is 11.8 Å². The summed E-state index contributed by atoms with van der Waals surface area (Å²) in [4.78, 5) is 2.31. The largest absolute Gasteiger partial charge is 0.354 e. The third kappa shape index (κ3) is 1.93. The molecule has 1 saturated heterocycles. The summed E-state index contributed by atoms with van der Waals surface area (Å²) < 4.78 is 0. The second kappa shape index (κ2) is 4.09. The Labute approximate surface area is 112 Å². The van der Waals surface area contributed by atoms with Gasteiger partial charge in [0.05, 0.1) is 0 Å². The average molecular weight is 262 g/mol. The van der Waals surface area contributed by atoms with E-state index in [1.165, 1.54) is 6.42 Å². The van der Waals surface area contributed by atoms with Crippen molar-refractivity contribution in [3.63, 3.8) is 0 Å². The van der Waals surface area contributed by atoms with Crippen LogP contribution in [0.4, 0.5) is 5.82 Å². The molecule has 0 saturated carbocycles. The Morgan fingerprint density at radius 3 is 2.56 bits per heavy atom. The van der Waals surface area contributed by atoms with Crippen LogP contribution in [-0.4, -0.2) is 23.3 Å². The van der Waals surface area contributed by atoms with Crippen molar-refractivity contribution in [2.24, 2.45) is 5.41 Å². The first-order valence-corrected chi connectivity index (χ1v) is 6.60. The Morgan fingerprint density at radius 1 is 1.17 bits per heavy atom. The molecule has 0 spiro atoms. The summed E-state index contributed by atoms with van der Waals surface area (Å²) in [5.41, 5.74) is 0.350. The molecule has 1 fully saturated rings. The van der Waals surface area contributed by atoms with Crippen molar-refractivity contribution in [3.05, 3.63) is 29.4 Å². The third-order valence-corrected chi connectivity index (χ3v) is 3.88. The molecule has 1 aromatic heterocycles. The molecule has 4 heteroatoms. The second-order valence-corrected chi connectivity index (χ2v) is 6.05. The second-order valence-electron chi connectivity index (χ2n) is 5.70. The summed E-state index contributed by atoms with van der Waals surface area (Å²) in [7, 11) is 0. The minimum absolute atomic E-state index is 0.350. The molecule has 0 amide bonds. The zero-order chi connectivity index (χ0) is 12.8. The minimum Gasteiger partial charge on any atom is -0.354 e. The quantitative estimate of drug-likeness (QED) is 0.787. The molecule has 3 nitrogen and oxygen atoms in total. The normalized spacial score (nSPS) is 18.5. The number of fused-ring (bicyclic) bond motifs is 1. The smallest absolute Gasteiger partial charge is 0.159 e. The lowest BCUT2D eigenvalue weighted by molar-refractivity contribution is 0.418. The summed E-state index contributed by atoms with van der Waals surface area (Å²) in [6.45, 7) is 6.64. The number of rotatable bonds is 1. The van der Waals surface area contributed by atoms with Gasteiger partial charge in [0, 0.05) is 23.9 Å². The van der Waals surface area contributed by atoms with E-state index < -0.39 is 0 Å². The van der Waals surface area contributed by atoms with E-state index in [9.17, 15) is 0 Å². The zero-order valence-corrected chi connectivity index (χ0v) is 11.4. The molecule has 0 atom stereocenters. The number of aromatic nitrogens is 2. The molecule has 0 unspecified atom stereocenters. The molecular weight excluding hydrogens is 246 g/mol. The van der Waals surface area contributed by atoms with Gasteiger partial charge in [0.15, 0.2) is 11.0 Å². The predicted molar refractivity (Wildman–Crippen MR) is 75.2 cm³/mol. The molecule has 2 aromatic rings. The van der Waals surface area contributed by atoms with E-state index >= 15 is 0 Å². The van der Waals surface area contributed by atoms with Crippen LogP contribution in [0.3, 0.4) is 0 Å². The first-order chi connectivity index (χ1) is 8.57. The first kappa shape index (κ1) is 11.7. The molecule has 1 aliphatic rings. The Hall–Kier alpha value is -1.35. The maximum absolute atomic E-state index is 6.10. The average Bonchev–Trinajstić information content (AvgIpc) is 2.70. The first-order valence-electron chi connectivity index (χ1n) is 6.23. The fourth-order valence-corrected chi connectivity index (χ4v) is 2.79. The molecule has 94 valence electrons. The molecule has 0 radical (unpaired) electrons. The standard InChI is InChI=1S/C14H16ClN3/c1-14(2)7-8-18(9-14)13-11-6-4-3-5-10(11)12(15)16-17-13/h3-6H,7-9H2,1-2H3. The van der Waals surface area contributed by atoms with Gasteiger partial charge in [0.2, 0.25) is 0 Å². The number of halogens is 1. The summed E-state index contributed by atoms with van der Waals surface area (Å²) in [6.07, 6.45) is 1.19. The van der Waals surface area contributed by atoms with Gasteiger partial charge in [-0.1, -0.05) is 49.7 Å². The van der Waals surface area contributed by atoms with Crippen molar-refractivity contribution in [1.29, 1.82) is 0 Å². The highest BCUT2D eigenvalue weighted by molar-refractivity contribution is 6.34. The third-order valence-electron chi connectivity index (χ3n) is 3.60. The summed E-state index contributed by atoms with van der Waals surface area (Å²) in [5.74, 6) is 0.959. The fourth-order valence-electron chi connectivity index (χ4n) is 2.58. The van der Waals surface area contributed by atoms with Gasteiger partial charge in [0.25, 0.3) is 0 Å². The van der Waals surface area contributed by atoms with Crippen LogP contribution in [0.25, 0.3) is 10.8 Å². The van der Waals surface area contributed by atoms with Crippen molar-refractivity contribution in [2.75, 3.05) is 18.0 Å². The number of benzene rings is 1. The van der Waals surface area contributed by atoms with Crippen molar-refractivity contribution < 1.29 is 0 Å². The van der Waals surface area contributed by atoms with Gasteiger partial charge in [-0.15, -0.1) is 10.2 Å². The van der Waals surface area contributed by atoms with Crippen LogP contribution in [0.1, 0.15) is 20.3 Å². The Balaban J connectivity index is 2.11. The van der Waals surface area contributed by atoms with Gasteiger partial charge in [-0.3, -0.25) is 0 Å². The van der Waals surface area contributed by atoms with Gasteiger partial charge in [0.1, 0.15) is 0 Å². The van der Waals surface area contributed by atoms with Gasteiger partial charge < -0.3 is 4.90 Å². The molecule has 1 aromatic carbocycles. The van der Waals surface area contributed by atoms with Crippen molar-refractivity contribution in [3.8, 4) is 0 Å². The number of anilines is 1. The van der Waals surface area contributed by atoms with Crippen LogP contribution < -0.4 is 4.90 Å². The molecule has 1 aliphatic heterocycles. The fraction of sp³-hybridized carbons (Fsp3) is 0.429. The lowest BCUT2D eigenvalue weighted by atomic mass is 9.93. The summed E-state index contributed by atoms with van der Waals surface area (Å²) in [5, 5.41) is 10.9. The molecule has 0 N–H and O–H groups in total. The molecule has 3 rings (SSSR count). The molecule has 0 bridgehead atoms.